The zero-order valence-corrected chi connectivity index (χ0v) is 15.7. The predicted molar refractivity (Wildman–Crippen MR) is 105 cm³/mol. The lowest BCUT2D eigenvalue weighted by Crippen LogP contribution is -2.36. The molecule has 0 radical (unpaired) electrons. The van der Waals surface area contributed by atoms with Gasteiger partial charge in [-0.3, -0.25) is 4.79 Å². The number of rotatable bonds is 4. The zero-order chi connectivity index (χ0) is 17.2. The van der Waals surface area contributed by atoms with E-state index in [2.05, 4.69) is 35.0 Å². The SMILES string of the molecule is CN(Cc1ccsc1)C(=O)[C@H]1CC=CC[C@H]1c1nc2ccccc2s1. The van der Waals surface area contributed by atoms with E-state index in [1.54, 1.807) is 22.7 Å². The Kier molecular flexibility index (Phi) is 4.68. The summed E-state index contributed by atoms with van der Waals surface area (Å²) in [6, 6.07) is 10.3. The van der Waals surface area contributed by atoms with Crippen LogP contribution in [0.25, 0.3) is 10.2 Å². The van der Waals surface area contributed by atoms with Crippen molar-refractivity contribution in [1.29, 1.82) is 0 Å². The Hall–Kier alpha value is -1.98. The van der Waals surface area contributed by atoms with Crippen molar-refractivity contribution in [2.75, 3.05) is 7.05 Å². The van der Waals surface area contributed by atoms with Crippen LogP contribution in [0.5, 0.6) is 0 Å². The molecule has 128 valence electrons. The average molecular weight is 369 g/mol. The highest BCUT2D eigenvalue weighted by Crippen LogP contribution is 2.39. The standard InChI is InChI=1S/C20H20N2OS2/c1-22(12-14-10-11-24-13-14)20(23)16-7-3-2-6-15(16)19-21-17-8-4-5-9-18(17)25-19/h2-5,8-11,13,15-16H,6-7,12H2,1H3/t15-,16+/m1/s1. The second kappa shape index (κ2) is 7.10. The minimum absolute atomic E-state index is 0.0193. The summed E-state index contributed by atoms with van der Waals surface area (Å²) in [5.41, 5.74) is 2.23. The van der Waals surface area contributed by atoms with Gasteiger partial charge in [-0.2, -0.15) is 11.3 Å². The van der Waals surface area contributed by atoms with Crippen LogP contribution in [0.4, 0.5) is 0 Å². The number of amides is 1. The lowest BCUT2D eigenvalue weighted by molar-refractivity contribution is -0.135. The number of fused-ring (bicyclic) bond motifs is 1. The normalized spacial score (nSPS) is 20.0. The van der Waals surface area contributed by atoms with Gasteiger partial charge in [0, 0.05) is 19.5 Å². The van der Waals surface area contributed by atoms with Crippen LogP contribution in [0.1, 0.15) is 29.3 Å². The van der Waals surface area contributed by atoms with Gasteiger partial charge in [0.25, 0.3) is 0 Å². The number of carbonyl (C=O) groups excluding carboxylic acids is 1. The largest absolute Gasteiger partial charge is 0.341 e. The molecule has 5 heteroatoms. The molecule has 0 unspecified atom stereocenters. The molecule has 1 aliphatic rings. The van der Waals surface area contributed by atoms with E-state index < -0.39 is 0 Å². The number of para-hydroxylation sites is 1. The van der Waals surface area contributed by atoms with Crippen molar-refractivity contribution in [3.63, 3.8) is 0 Å². The molecule has 4 rings (SSSR count). The van der Waals surface area contributed by atoms with Gasteiger partial charge in [0.05, 0.1) is 21.1 Å². The summed E-state index contributed by atoms with van der Waals surface area (Å²) in [7, 11) is 1.91. The molecule has 1 aromatic carbocycles. The third kappa shape index (κ3) is 3.39. The zero-order valence-electron chi connectivity index (χ0n) is 14.1. The molecule has 0 N–H and O–H groups in total. The summed E-state index contributed by atoms with van der Waals surface area (Å²) in [6.07, 6.45) is 6.03. The maximum Gasteiger partial charge on any atom is 0.226 e. The average Bonchev–Trinajstić information content (AvgIpc) is 3.30. The van der Waals surface area contributed by atoms with Crippen molar-refractivity contribution >= 4 is 38.8 Å². The lowest BCUT2D eigenvalue weighted by Gasteiger charge is -2.30. The van der Waals surface area contributed by atoms with Gasteiger partial charge in [0.1, 0.15) is 0 Å². The minimum Gasteiger partial charge on any atom is -0.341 e. The Morgan fingerprint density at radius 1 is 1.24 bits per heavy atom. The van der Waals surface area contributed by atoms with E-state index in [-0.39, 0.29) is 17.7 Å². The van der Waals surface area contributed by atoms with Crippen LogP contribution in [-0.4, -0.2) is 22.8 Å². The van der Waals surface area contributed by atoms with Gasteiger partial charge in [-0.05, 0) is 47.4 Å². The molecular weight excluding hydrogens is 348 g/mol. The Bertz CT molecular complexity index is 864. The third-order valence-electron chi connectivity index (χ3n) is 4.75. The number of benzene rings is 1. The van der Waals surface area contributed by atoms with Gasteiger partial charge in [0.15, 0.2) is 0 Å². The van der Waals surface area contributed by atoms with E-state index in [9.17, 15) is 4.79 Å². The molecule has 0 bridgehead atoms. The Morgan fingerprint density at radius 3 is 2.88 bits per heavy atom. The highest BCUT2D eigenvalue weighted by Gasteiger charge is 2.33. The van der Waals surface area contributed by atoms with Crippen LogP contribution < -0.4 is 0 Å². The van der Waals surface area contributed by atoms with Crippen molar-refractivity contribution < 1.29 is 4.79 Å². The van der Waals surface area contributed by atoms with E-state index in [0.717, 1.165) is 23.4 Å². The quantitative estimate of drug-likeness (QED) is 0.603. The van der Waals surface area contributed by atoms with Gasteiger partial charge in [-0.1, -0.05) is 24.3 Å². The first-order valence-electron chi connectivity index (χ1n) is 8.49. The fourth-order valence-electron chi connectivity index (χ4n) is 3.43. The number of nitrogens with zero attached hydrogens (tertiary/aromatic N) is 2. The van der Waals surface area contributed by atoms with Gasteiger partial charge in [-0.15, -0.1) is 11.3 Å². The third-order valence-corrected chi connectivity index (χ3v) is 6.65. The Labute approximate surface area is 155 Å². The second-order valence-corrected chi connectivity index (χ2v) is 8.34. The summed E-state index contributed by atoms with van der Waals surface area (Å²) >= 11 is 3.40. The van der Waals surface area contributed by atoms with E-state index in [1.807, 2.05) is 30.1 Å². The maximum atomic E-state index is 13.1. The molecule has 1 aliphatic carbocycles. The van der Waals surface area contributed by atoms with Crippen LogP contribution in [-0.2, 0) is 11.3 Å². The van der Waals surface area contributed by atoms with Gasteiger partial charge < -0.3 is 4.90 Å². The molecule has 0 spiro atoms. The van der Waals surface area contributed by atoms with Crippen molar-refractivity contribution in [2.45, 2.75) is 25.3 Å². The molecule has 1 amide bonds. The summed E-state index contributed by atoms with van der Waals surface area (Å²) < 4.78 is 1.20. The highest BCUT2D eigenvalue weighted by atomic mass is 32.1. The lowest BCUT2D eigenvalue weighted by atomic mass is 9.82. The predicted octanol–water partition coefficient (Wildman–Crippen LogP) is 5.07. The number of carbonyl (C=O) groups is 1. The van der Waals surface area contributed by atoms with Gasteiger partial charge in [-0.25, -0.2) is 4.98 Å². The van der Waals surface area contributed by atoms with Crippen molar-refractivity contribution in [3.05, 3.63) is 63.8 Å². The van der Waals surface area contributed by atoms with Crippen molar-refractivity contribution in [2.24, 2.45) is 5.92 Å². The van der Waals surface area contributed by atoms with Crippen molar-refractivity contribution in [3.8, 4) is 0 Å². The summed E-state index contributed by atoms with van der Waals surface area (Å²) in [6.45, 7) is 0.676. The fourth-order valence-corrected chi connectivity index (χ4v) is 5.23. The van der Waals surface area contributed by atoms with E-state index in [1.165, 1.54) is 10.3 Å². The molecule has 25 heavy (non-hydrogen) atoms. The number of aromatic nitrogens is 1. The van der Waals surface area contributed by atoms with Gasteiger partial charge >= 0.3 is 0 Å². The molecule has 0 aliphatic heterocycles. The van der Waals surface area contributed by atoms with E-state index in [4.69, 9.17) is 4.98 Å². The number of thiophene rings is 1. The number of hydrogen-bond acceptors (Lipinski definition) is 4. The first kappa shape index (κ1) is 16.5. The number of thiazole rings is 1. The molecule has 0 saturated heterocycles. The second-order valence-electron chi connectivity index (χ2n) is 6.50. The maximum absolute atomic E-state index is 13.1. The van der Waals surface area contributed by atoms with Crippen LogP contribution in [0.15, 0.2) is 53.2 Å². The fraction of sp³-hybridized carbons (Fsp3) is 0.300. The molecule has 2 atom stereocenters. The molecule has 3 nitrogen and oxygen atoms in total. The van der Waals surface area contributed by atoms with E-state index in [0.29, 0.717) is 6.54 Å². The topological polar surface area (TPSA) is 33.2 Å². The Morgan fingerprint density at radius 2 is 2.08 bits per heavy atom. The molecule has 2 heterocycles. The van der Waals surface area contributed by atoms with Crippen LogP contribution in [0, 0.1) is 5.92 Å². The van der Waals surface area contributed by atoms with Crippen molar-refractivity contribution in [1.82, 2.24) is 9.88 Å². The van der Waals surface area contributed by atoms with Crippen LogP contribution in [0.2, 0.25) is 0 Å². The van der Waals surface area contributed by atoms with Gasteiger partial charge in [0.2, 0.25) is 5.91 Å². The highest BCUT2D eigenvalue weighted by molar-refractivity contribution is 7.18. The summed E-state index contributed by atoms with van der Waals surface area (Å²) in [4.78, 5) is 19.8. The number of hydrogen-bond donors (Lipinski definition) is 0. The minimum atomic E-state index is -0.0193. The van der Waals surface area contributed by atoms with Crippen LogP contribution in [0.3, 0.4) is 0 Å². The molecular formula is C20H20N2OS2. The molecule has 2 aromatic heterocycles. The summed E-state index contributed by atoms with van der Waals surface area (Å²) in [5.74, 6) is 0.383. The smallest absolute Gasteiger partial charge is 0.226 e. The number of allylic oxidation sites excluding steroid dienone is 2. The monoisotopic (exact) mass is 368 g/mol. The van der Waals surface area contributed by atoms with Crippen LogP contribution >= 0.6 is 22.7 Å². The molecule has 0 fully saturated rings. The Balaban J connectivity index is 1.58. The molecule has 3 aromatic rings. The molecule has 0 saturated carbocycles. The first-order valence-corrected chi connectivity index (χ1v) is 10.2. The van der Waals surface area contributed by atoms with E-state index >= 15 is 0 Å². The first-order chi connectivity index (χ1) is 12.2. The summed E-state index contributed by atoms with van der Waals surface area (Å²) in [5, 5.41) is 5.25.